The van der Waals surface area contributed by atoms with Gasteiger partial charge in [-0.25, -0.2) is 14.4 Å². The molecule has 1 aromatic carbocycles. The van der Waals surface area contributed by atoms with Gasteiger partial charge < -0.3 is 14.5 Å². The van der Waals surface area contributed by atoms with E-state index in [1.54, 1.807) is 6.92 Å². The molecule has 0 aliphatic rings. The highest BCUT2D eigenvalue weighted by Crippen LogP contribution is 2.29. The standard InChI is InChI=1S/C17H16FN3O3/c1-9-6-12(18)4-5-13(9)21-14(22)7-23-16-15-10(2)11(3)24-17(15)20-8-19-16/h4-6,8H,7H2,1-3H3,(H,21,22). The minimum absolute atomic E-state index is 0.230. The summed E-state index contributed by atoms with van der Waals surface area (Å²) in [5.74, 6) is 0.298. The smallest absolute Gasteiger partial charge is 0.262 e. The van der Waals surface area contributed by atoms with Crippen LogP contribution in [0.4, 0.5) is 10.1 Å². The molecule has 1 amide bonds. The van der Waals surface area contributed by atoms with Crippen LogP contribution in [0.1, 0.15) is 16.9 Å². The zero-order valence-corrected chi connectivity index (χ0v) is 13.5. The largest absolute Gasteiger partial charge is 0.467 e. The van der Waals surface area contributed by atoms with E-state index in [0.717, 1.165) is 11.3 Å². The van der Waals surface area contributed by atoms with Crippen LogP contribution >= 0.6 is 0 Å². The number of ether oxygens (including phenoxy) is 1. The summed E-state index contributed by atoms with van der Waals surface area (Å²) in [7, 11) is 0. The van der Waals surface area contributed by atoms with Crippen LogP contribution in [-0.2, 0) is 4.79 Å². The first-order valence-electron chi connectivity index (χ1n) is 7.35. The zero-order chi connectivity index (χ0) is 17.3. The van der Waals surface area contributed by atoms with Crippen LogP contribution in [0.25, 0.3) is 11.1 Å². The average molecular weight is 329 g/mol. The van der Waals surface area contributed by atoms with Gasteiger partial charge in [0.25, 0.3) is 5.91 Å². The first kappa shape index (κ1) is 15.9. The van der Waals surface area contributed by atoms with E-state index in [9.17, 15) is 9.18 Å². The summed E-state index contributed by atoms with van der Waals surface area (Å²) < 4.78 is 24.1. The molecule has 6 nitrogen and oxygen atoms in total. The Kier molecular flexibility index (Phi) is 4.16. The Morgan fingerprint density at radius 2 is 2.08 bits per heavy atom. The monoisotopic (exact) mass is 329 g/mol. The number of nitrogens with one attached hydrogen (secondary N) is 1. The van der Waals surface area contributed by atoms with Crippen LogP contribution in [0.15, 0.2) is 28.9 Å². The van der Waals surface area contributed by atoms with Gasteiger partial charge in [-0.2, -0.15) is 0 Å². The van der Waals surface area contributed by atoms with E-state index in [0.29, 0.717) is 28.2 Å². The van der Waals surface area contributed by atoms with Gasteiger partial charge in [0.05, 0.1) is 0 Å². The first-order chi connectivity index (χ1) is 11.5. The van der Waals surface area contributed by atoms with E-state index in [1.165, 1.54) is 24.5 Å². The molecule has 7 heteroatoms. The van der Waals surface area contributed by atoms with E-state index in [4.69, 9.17) is 9.15 Å². The van der Waals surface area contributed by atoms with E-state index < -0.39 is 0 Å². The fourth-order valence-electron chi connectivity index (χ4n) is 2.35. The fraction of sp³-hybridized carbons (Fsp3) is 0.235. The third-order valence-electron chi connectivity index (χ3n) is 3.73. The highest BCUT2D eigenvalue weighted by Gasteiger charge is 2.16. The van der Waals surface area contributed by atoms with Gasteiger partial charge >= 0.3 is 0 Å². The molecule has 24 heavy (non-hydrogen) atoms. The number of rotatable bonds is 4. The van der Waals surface area contributed by atoms with Crippen molar-refractivity contribution in [2.24, 2.45) is 0 Å². The molecule has 124 valence electrons. The number of aromatic nitrogens is 2. The van der Waals surface area contributed by atoms with Gasteiger partial charge in [0, 0.05) is 11.3 Å². The van der Waals surface area contributed by atoms with E-state index in [2.05, 4.69) is 15.3 Å². The number of carbonyl (C=O) groups is 1. The van der Waals surface area contributed by atoms with E-state index >= 15 is 0 Å². The maximum atomic E-state index is 13.1. The van der Waals surface area contributed by atoms with Gasteiger partial charge in [0.15, 0.2) is 6.61 Å². The molecule has 0 unspecified atom stereocenters. The second-order valence-corrected chi connectivity index (χ2v) is 5.44. The summed E-state index contributed by atoms with van der Waals surface area (Å²) in [4.78, 5) is 20.2. The molecule has 2 aromatic heterocycles. The molecule has 3 aromatic rings. The number of halogens is 1. The molecular weight excluding hydrogens is 313 g/mol. The van der Waals surface area contributed by atoms with Gasteiger partial charge in [-0.3, -0.25) is 4.79 Å². The fourth-order valence-corrected chi connectivity index (χ4v) is 2.35. The zero-order valence-electron chi connectivity index (χ0n) is 13.5. The second kappa shape index (κ2) is 6.27. The maximum absolute atomic E-state index is 13.1. The molecule has 0 saturated heterocycles. The van der Waals surface area contributed by atoms with E-state index in [-0.39, 0.29) is 18.3 Å². The lowest BCUT2D eigenvalue weighted by atomic mass is 10.2. The lowest BCUT2D eigenvalue weighted by molar-refractivity contribution is -0.118. The topological polar surface area (TPSA) is 77.2 Å². The molecule has 0 spiro atoms. The molecule has 0 atom stereocenters. The van der Waals surface area contributed by atoms with Crippen molar-refractivity contribution in [3.8, 4) is 5.88 Å². The SMILES string of the molecule is Cc1cc(F)ccc1NC(=O)COc1ncnc2oc(C)c(C)c12. The number of benzene rings is 1. The van der Waals surface area contributed by atoms with Gasteiger partial charge in [-0.1, -0.05) is 0 Å². The summed E-state index contributed by atoms with van der Waals surface area (Å²) in [5.41, 5.74) is 2.46. The van der Waals surface area contributed by atoms with Gasteiger partial charge in [0.2, 0.25) is 11.6 Å². The number of amides is 1. The molecule has 0 aliphatic carbocycles. The van der Waals surface area contributed by atoms with Crippen LogP contribution in [0.2, 0.25) is 0 Å². The summed E-state index contributed by atoms with van der Waals surface area (Å²) >= 11 is 0. The number of nitrogens with zero attached hydrogens (tertiary/aromatic N) is 2. The van der Waals surface area contributed by atoms with Crippen LogP contribution in [0.5, 0.6) is 5.88 Å². The number of anilines is 1. The Bertz CT molecular complexity index is 921. The van der Waals surface area contributed by atoms with Crippen molar-refractivity contribution in [2.45, 2.75) is 20.8 Å². The third kappa shape index (κ3) is 3.05. The molecule has 0 radical (unpaired) electrons. The molecular formula is C17H16FN3O3. The Labute approximate surface area is 137 Å². The lowest BCUT2D eigenvalue weighted by Crippen LogP contribution is -2.21. The number of hydrogen-bond acceptors (Lipinski definition) is 5. The normalized spacial score (nSPS) is 10.8. The number of fused-ring (bicyclic) bond motifs is 1. The summed E-state index contributed by atoms with van der Waals surface area (Å²) in [6, 6.07) is 4.14. The Morgan fingerprint density at radius 1 is 1.29 bits per heavy atom. The minimum atomic E-state index is -0.366. The molecule has 0 aliphatic heterocycles. The maximum Gasteiger partial charge on any atom is 0.262 e. The third-order valence-corrected chi connectivity index (χ3v) is 3.73. The predicted molar refractivity (Wildman–Crippen MR) is 86.5 cm³/mol. The van der Waals surface area contributed by atoms with Gasteiger partial charge in [-0.15, -0.1) is 0 Å². The highest BCUT2D eigenvalue weighted by molar-refractivity contribution is 5.93. The van der Waals surface area contributed by atoms with Crippen molar-refractivity contribution in [3.05, 3.63) is 47.2 Å². The Hall–Kier alpha value is -2.96. The van der Waals surface area contributed by atoms with Crippen molar-refractivity contribution in [1.29, 1.82) is 0 Å². The average Bonchev–Trinajstić information content (AvgIpc) is 2.83. The van der Waals surface area contributed by atoms with Crippen LogP contribution < -0.4 is 10.1 Å². The number of furan rings is 1. The van der Waals surface area contributed by atoms with Crippen LogP contribution in [-0.4, -0.2) is 22.5 Å². The Balaban J connectivity index is 1.73. The molecule has 2 heterocycles. The van der Waals surface area contributed by atoms with E-state index in [1.807, 2.05) is 13.8 Å². The van der Waals surface area contributed by atoms with Crippen molar-refractivity contribution in [3.63, 3.8) is 0 Å². The number of carbonyl (C=O) groups excluding carboxylic acids is 1. The summed E-state index contributed by atoms with van der Waals surface area (Å²) in [5, 5.41) is 3.33. The van der Waals surface area contributed by atoms with Crippen LogP contribution in [0, 0.1) is 26.6 Å². The molecule has 0 saturated carbocycles. The Morgan fingerprint density at radius 3 is 2.83 bits per heavy atom. The molecule has 0 bridgehead atoms. The van der Waals surface area contributed by atoms with Crippen LogP contribution in [0.3, 0.4) is 0 Å². The second-order valence-electron chi connectivity index (χ2n) is 5.44. The number of hydrogen-bond donors (Lipinski definition) is 1. The molecule has 3 rings (SSSR count). The predicted octanol–water partition coefficient (Wildman–Crippen LogP) is 3.30. The van der Waals surface area contributed by atoms with Crippen molar-refractivity contribution >= 4 is 22.7 Å². The summed E-state index contributed by atoms with van der Waals surface area (Å²) in [6.45, 7) is 5.18. The number of aryl methyl sites for hydroxylation is 3. The van der Waals surface area contributed by atoms with Crippen molar-refractivity contribution in [2.75, 3.05) is 11.9 Å². The van der Waals surface area contributed by atoms with Crippen molar-refractivity contribution < 1.29 is 18.3 Å². The van der Waals surface area contributed by atoms with Gasteiger partial charge in [0.1, 0.15) is 23.3 Å². The highest BCUT2D eigenvalue weighted by atomic mass is 19.1. The molecule has 1 N–H and O–H groups in total. The lowest BCUT2D eigenvalue weighted by Gasteiger charge is -2.09. The van der Waals surface area contributed by atoms with Crippen molar-refractivity contribution in [1.82, 2.24) is 9.97 Å². The first-order valence-corrected chi connectivity index (χ1v) is 7.35. The minimum Gasteiger partial charge on any atom is -0.467 e. The van der Waals surface area contributed by atoms with Gasteiger partial charge in [-0.05, 0) is 44.5 Å². The summed E-state index contributed by atoms with van der Waals surface area (Å²) in [6.07, 6.45) is 1.32. The molecule has 0 fully saturated rings. The quantitative estimate of drug-likeness (QED) is 0.794.